The molecule has 1 aliphatic heterocycles. The molecule has 0 spiro atoms. The zero-order valence-electron chi connectivity index (χ0n) is 15.5. The number of hydrogen-bond acceptors (Lipinski definition) is 5. The zero-order valence-corrected chi connectivity index (χ0v) is 15.5. The second kappa shape index (κ2) is 8.25. The van der Waals surface area contributed by atoms with Crippen LogP contribution in [0.2, 0.25) is 0 Å². The van der Waals surface area contributed by atoms with E-state index in [4.69, 9.17) is 15.2 Å². The largest absolute Gasteiger partial charge is 0.444 e. The first-order chi connectivity index (χ1) is 11.8. The Morgan fingerprint density at radius 3 is 2.56 bits per heavy atom. The Kier molecular flexibility index (Phi) is 6.31. The number of hydrogen-bond donors (Lipinski definition) is 1. The monoisotopic (exact) mass is 347 g/mol. The van der Waals surface area contributed by atoms with Crippen molar-refractivity contribution in [2.45, 2.75) is 33.0 Å². The molecule has 1 amide bonds. The van der Waals surface area contributed by atoms with Gasteiger partial charge in [0.15, 0.2) is 0 Å². The molecule has 2 rings (SSSR count). The molecule has 1 aromatic carbocycles. The predicted octanol–water partition coefficient (Wildman–Crippen LogP) is 3.03. The summed E-state index contributed by atoms with van der Waals surface area (Å²) in [6.07, 6.45) is 1.48. The third kappa shape index (κ3) is 5.67. The van der Waals surface area contributed by atoms with E-state index in [2.05, 4.69) is 11.5 Å². The molecule has 1 aliphatic rings. The van der Waals surface area contributed by atoms with Crippen molar-refractivity contribution >= 4 is 17.5 Å². The van der Waals surface area contributed by atoms with Crippen LogP contribution < -0.4 is 10.6 Å². The Balaban J connectivity index is 2.00. The second-order valence-electron chi connectivity index (χ2n) is 7.15. The molecule has 1 aromatic rings. The fourth-order valence-electron chi connectivity index (χ4n) is 2.74. The quantitative estimate of drug-likeness (QED) is 0.504. The third-order valence-corrected chi connectivity index (χ3v) is 3.87. The normalized spacial score (nSPS) is 15.2. The maximum atomic E-state index is 12.2. The fourth-order valence-corrected chi connectivity index (χ4v) is 2.74. The number of nitrogens with zero attached hydrogens (tertiary/aromatic N) is 2. The van der Waals surface area contributed by atoms with Gasteiger partial charge in [-0.2, -0.15) is 0 Å². The van der Waals surface area contributed by atoms with Crippen LogP contribution in [0.1, 0.15) is 26.3 Å². The van der Waals surface area contributed by atoms with Gasteiger partial charge in [0.1, 0.15) is 5.60 Å². The first kappa shape index (κ1) is 19.1. The number of rotatable bonds is 5. The lowest BCUT2D eigenvalue weighted by atomic mass is 10.1. The van der Waals surface area contributed by atoms with Gasteiger partial charge in [0.2, 0.25) is 0 Å². The van der Waals surface area contributed by atoms with E-state index in [1.54, 1.807) is 11.0 Å². The van der Waals surface area contributed by atoms with Crippen LogP contribution in [0.4, 0.5) is 16.2 Å². The number of anilines is 2. The molecule has 6 heteroatoms. The van der Waals surface area contributed by atoms with E-state index in [1.807, 2.05) is 39.0 Å². The smallest absolute Gasteiger partial charge is 0.410 e. The Hall–Kier alpha value is -2.21. The van der Waals surface area contributed by atoms with E-state index in [0.29, 0.717) is 32.0 Å². The summed E-state index contributed by atoms with van der Waals surface area (Å²) >= 11 is 0. The summed E-state index contributed by atoms with van der Waals surface area (Å²) in [5, 5.41) is 0. The summed E-state index contributed by atoms with van der Waals surface area (Å²) in [5.41, 5.74) is 8.31. The molecule has 0 aromatic heterocycles. The number of ether oxygens (including phenoxy) is 2. The van der Waals surface area contributed by atoms with Gasteiger partial charge in [-0.3, -0.25) is 0 Å². The van der Waals surface area contributed by atoms with Gasteiger partial charge in [-0.15, -0.1) is 6.58 Å². The third-order valence-electron chi connectivity index (χ3n) is 3.87. The molecule has 2 N–H and O–H groups in total. The van der Waals surface area contributed by atoms with Crippen LogP contribution in [0.3, 0.4) is 0 Å². The van der Waals surface area contributed by atoms with E-state index in [0.717, 1.165) is 24.3 Å². The molecular weight excluding hydrogens is 318 g/mol. The maximum absolute atomic E-state index is 12.2. The number of carbonyl (C=O) groups is 1. The lowest BCUT2D eigenvalue weighted by Gasteiger charge is -2.37. The van der Waals surface area contributed by atoms with E-state index in [9.17, 15) is 4.79 Å². The molecule has 6 nitrogen and oxygen atoms in total. The average Bonchev–Trinajstić information content (AvgIpc) is 2.54. The first-order valence-corrected chi connectivity index (χ1v) is 8.60. The lowest BCUT2D eigenvalue weighted by molar-refractivity contribution is 0.0240. The molecule has 0 radical (unpaired) electrons. The van der Waals surface area contributed by atoms with Crippen LogP contribution in [0, 0.1) is 0 Å². The van der Waals surface area contributed by atoms with E-state index < -0.39 is 5.60 Å². The average molecular weight is 347 g/mol. The van der Waals surface area contributed by atoms with Gasteiger partial charge in [-0.25, -0.2) is 4.79 Å². The van der Waals surface area contributed by atoms with Crippen molar-refractivity contribution in [1.82, 2.24) is 4.90 Å². The number of carbonyl (C=O) groups excluding carboxylic acids is 1. The maximum Gasteiger partial charge on any atom is 0.410 e. The van der Waals surface area contributed by atoms with Gasteiger partial charge < -0.3 is 25.0 Å². The molecule has 0 unspecified atom stereocenters. The molecule has 0 atom stereocenters. The van der Waals surface area contributed by atoms with E-state index in [-0.39, 0.29) is 6.09 Å². The SMILES string of the molecule is C=CCOCc1cc(N)ccc1N1CCN(C(=O)OC(C)(C)C)CC1. The van der Waals surface area contributed by atoms with Gasteiger partial charge in [-0.1, -0.05) is 6.08 Å². The van der Waals surface area contributed by atoms with Crippen LogP contribution in [0.25, 0.3) is 0 Å². The number of piperazine rings is 1. The number of nitrogen functional groups attached to an aromatic ring is 1. The topological polar surface area (TPSA) is 68.0 Å². The minimum absolute atomic E-state index is 0.251. The summed E-state index contributed by atoms with van der Waals surface area (Å²) in [4.78, 5) is 16.2. The van der Waals surface area contributed by atoms with Crippen LogP contribution in [-0.2, 0) is 16.1 Å². The summed E-state index contributed by atoms with van der Waals surface area (Å²) < 4.78 is 11.0. The lowest BCUT2D eigenvalue weighted by Crippen LogP contribution is -2.50. The Bertz CT molecular complexity index is 602. The summed E-state index contributed by atoms with van der Waals surface area (Å²) in [5.74, 6) is 0. The molecule has 1 fully saturated rings. The van der Waals surface area contributed by atoms with Gasteiger partial charge in [0.05, 0.1) is 13.2 Å². The highest BCUT2D eigenvalue weighted by Gasteiger charge is 2.26. The minimum atomic E-state index is -0.471. The molecule has 0 bridgehead atoms. The molecular formula is C19H29N3O3. The summed E-state index contributed by atoms with van der Waals surface area (Å²) in [6, 6.07) is 5.86. The molecule has 1 saturated heterocycles. The van der Waals surface area contributed by atoms with Crippen LogP contribution in [-0.4, -0.2) is 49.4 Å². The highest BCUT2D eigenvalue weighted by molar-refractivity contribution is 5.69. The van der Waals surface area contributed by atoms with Crippen LogP contribution in [0.15, 0.2) is 30.9 Å². The second-order valence-corrected chi connectivity index (χ2v) is 7.15. The molecule has 1 heterocycles. The van der Waals surface area contributed by atoms with Crippen molar-refractivity contribution < 1.29 is 14.3 Å². The summed E-state index contributed by atoms with van der Waals surface area (Å²) in [7, 11) is 0. The first-order valence-electron chi connectivity index (χ1n) is 8.60. The Morgan fingerprint density at radius 2 is 1.96 bits per heavy atom. The van der Waals surface area contributed by atoms with Gasteiger partial charge >= 0.3 is 6.09 Å². The fraction of sp³-hybridized carbons (Fsp3) is 0.526. The van der Waals surface area contributed by atoms with Crippen LogP contribution in [0.5, 0.6) is 0 Å². The van der Waals surface area contributed by atoms with Crippen molar-refractivity contribution in [3.05, 3.63) is 36.4 Å². The van der Waals surface area contributed by atoms with Gasteiger partial charge in [0.25, 0.3) is 0 Å². The van der Waals surface area contributed by atoms with Crippen molar-refractivity contribution in [2.24, 2.45) is 0 Å². The van der Waals surface area contributed by atoms with Gasteiger partial charge in [0, 0.05) is 43.1 Å². The van der Waals surface area contributed by atoms with E-state index in [1.165, 1.54) is 0 Å². The molecule has 0 saturated carbocycles. The Labute approximate surface area is 150 Å². The van der Waals surface area contributed by atoms with Crippen molar-refractivity contribution in [2.75, 3.05) is 43.4 Å². The van der Waals surface area contributed by atoms with Crippen molar-refractivity contribution in [1.29, 1.82) is 0 Å². The highest BCUT2D eigenvalue weighted by Crippen LogP contribution is 2.25. The predicted molar refractivity (Wildman–Crippen MR) is 101 cm³/mol. The zero-order chi connectivity index (χ0) is 18.4. The summed E-state index contributed by atoms with van der Waals surface area (Å²) in [6.45, 7) is 13.0. The van der Waals surface area contributed by atoms with Crippen molar-refractivity contribution in [3.63, 3.8) is 0 Å². The Morgan fingerprint density at radius 1 is 1.28 bits per heavy atom. The van der Waals surface area contributed by atoms with Crippen LogP contribution >= 0.6 is 0 Å². The standard InChI is InChI=1S/C19H29N3O3/c1-5-12-24-14-15-13-16(20)6-7-17(15)21-8-10-22(11-9-21)18(23)25-19(2,3)4/h5-7,13H,1,8-12,14,20H2,2-4H3. The molecule has 0 aliphatic carbocycles. The highest BCUT2D eigenvalue weighted by atomic mass is 16.6. The minimum Gasteiger partial charge on any atom is -0.444 e. The van der Waals surface area contributed by atoms with E-state index >= 15 is 0 Å². The van der Waals surface area contributed by atoms with Crippen molar-refractivity contribution in [3.8, 4) is 0 Å². The van der Waals surface area contributed by atoms with Gasteiger partial charge in [-0.05, 0) is 39.0 Å². The number of nitrogens with two attached hydrogens (primary N) is 1. The number of amides is 1. The molecule has 25 heavy (non-hydrogen) atoms. The molecule has 138 valence electrons. The number of benzene rings is 1.